The molecule has 34 heavy (non-hydrogen) atoms. The molecule has 2 aromatic rings. The summed E-state index contributed by atoms with van der Waals surface area (Å²) in [6.45, 7) is 5.57. The van der Waals surface area contributed by atoms with Crippen molar-refractivity contribution in [1.29, 1.82) is 0 Å². The number of rotatable bonds is 9. The highest BCUT2D eigenvalue weighted by atomic mass is 16.4. The Morgan fingerprint density at radius 3 is 2.38 bits per heavy atom. The van der Waals surface area contributed by atoms with E-state index in [4.69, 9.17) is 0 Å². The maximum Gasteiger partial charge on any atom is 0.326 e. The van der Waals surface area contributed by atoms with E-state index in [0.717, 1.165) is 16.3 Å². The molecule has 0 bridgehead atoms. The molecule has 3 amide bonds. The van der Waals surface area contributed by atoms with Gasteiger partial charge in [-0.25, -0.2) is 4.79 Å². The van der Waals surface area contributed by atoms with E-state index < -0.39 is 30.0 Å². The third-order valence-electron chi connectivity index (χ3n) is 6.09. The van der Waals surface area contributed by atoms with Crippen LogP contribution in [0.3, 0.4) is 0 Å². The summed E-state index contributed by atoms with van der Waals surface area (Å²) in [6, 6.07) is 11.2. The maximum absolute atomic E-state index is 13.3. The average Bonchev–Trinajstić information content (AvgIpc) is 3.27. The molecule has 0 radical (unpaired) electrons. The Hall–Kier alpha value is -3.42. The van der Waals surface area contributed by atoms with Crippen molar-refractivity contribution in [2.45, 2.75) is 64.6 Å². The van der Waals surface area contributed by atoms with E-state index in [1.807, 2.05) is 56.3 Å². The van der Waals surface area contributed by atoms with E-state index in [0.29, 0.717) is 25.8 Å². The van der Waals surface area contributed by atoms with Gasteiger partial charge in [-0.05, 0) is 41.5 Å². The molecule has 3 N–H and O–H groups in total. The summed E-state index contributed by atoms with van der Waals surface area (Å²) in [6.07, 6.45) is 1.65. The highest BCUT2D eigenvalue weighted by Crippen LogP contribution is 2.21. The molecule has 1 saturated heterocycles. The fourth-order valence-corrected chi connectivity index (χ4v) is 4.51. The van der Waals surface area contributed by atoms with Crippen LogP contribution in [0.1, 0.15) is 45.6 Å². The van der Waals surface area contributed by atoms with E-state index in [-0.39, 0.29) is 24.2 Å². The predicted octanol–water partition coefficient (Wildman–Crippen LogP) is 2.49. The summed E-state index contributed by atoms with van der Waals surface area (Å²) in [5.74, 6) is -2.14. The quantitative estimate of drug-likeness (QED) is 0.524. The highest BCUT2D eigenvalue weighted by molar-refractivity contribution is 5.93. The number of aliphatic carboxylic acids is 1. The zero-order valence-electron chi connectivity index (χ0n) is 19.9. The monoisotopic (exact) mass is 467 g/mol. The highest BCUT2D eigenvalue weighted by Gasteiger charge is 2.38. The topological polar surface area (TPSA) is 116 Å². The van der Waals surface area contributed by atoms with Crippen molar-refractivity contribution >= 4 is 34.5 Å². The first-order chi connectivity index (χ1) is 16.2. The molecule has 0 spiro atoms. The number of carboxylic acids is 1. The van der Waals surface area contributed by atoms with Gasteiger partial charge >= 0.3 is 5.97 Å². The Labute approximate surface area is 199 Å². The van der Waals surface area contributed by atoms with Gasteiger partial charge in [-0.3, -0.25) is 14.4 Å². The third kappa shape index (κ3) is 6.34. The fraction of sp³-hybridized carbons (Fsp3) is 0.462. The number of amides is 3. The fourth-order valence-electron chi connectivity index (χ4n) is 4.51. The van der Waals surface area contributed by atoms with Crippen LogP contribution in [0.25, 0.3) is 10.8 Å². The van der Waals surface area contributed by atoms with Crippen molar-refractivity contribution in [2.24, 2.45) is 5.92 Å². The molecule has 8 heteroatoms. The summed E-state index contributed by atoms with van der Waals surface area (Å²) in [7, 11) is 0. The molecule has 0 aliphatic carbocycles. The molecule has 0 unspecified atom stereocenters. The van der Waals surface area contributed by atoms with E-state index in [2.05, 4.69) is 10.6 Å². The third-order valence-corrected chi connectivity index (χ3v) is 6.09. The second-order valence-corrected chi connectivity index (χ2v) is 9.36. The van der Waals surface area contributed by atoms with Crippen molar-refractivity contribution in [2.75, 3.05) is 6.54 Å². The van der Waals surface area contributed by atoms with E-state index >= 15 is 0 Å². The average molecular weight is 468 g/mol. The number of likely N-dealkylation sites (tertiary alicyclic amines) is 1. The van der Waals surface area contributed by atoms with E-state index in [1.54, 1.807) is 0 Å². The molecule has 1 heterocycles. The van der Waals surface area contributed by atoms with Crippen LogP contribution in [-0.2, 0) is 25.6 Å². The van der Waals surface area contributed by atoms with Gasteiger partial charge in [0.05, 0.1) is 0 Å². The van der Waals surface area contributed by atoms with Crippen LogP contribution in [0, 0.1) is 5.92 Å². The number of carboxylic acid groups (broad SMARTS) is 1. The van der Waals surface area contributed by atoms with Gasteiger partial charge in [-0.2, -0.15) is 0 Å². The van der Waals surface area contributed by atoms with Gasteiger partial charge in [0.15, 0.2) is 0 Å². The van der Waals surface area contributed by atoms with Gasteiger partial charge in [0.2, 0.25) is 17.7 Å². The summed E-state index contributed by atoms with van der Waals surface area (Å²) in [5, 5.41) is 17.1. The van der Waals surface area contributed by atoms with Gasteiger partial charge in [0, 0.05) is 19.9 Å². The SMILES string of the molecule is CC(=O)N[C@@H](Cc1ccc2ccccc2c1)C(=O)N[C@@H](CC(C)C)C(=O)N1CCC[C@H]1C(=O)O. The minimum absolute atomic E-state index is 0.0971. The lowest BCUT2D eigenvalue weighted by atomic mass is 9.99. The minimum atomic E-state index is -1.03. The molecule has 8 nitrogen and oxygen atoms in total. The number of fused-ring (bicyclic) bond motifs is 1. The number of benzene rings is 2. The first-order valence-corrected chi connectivity index (χ1v) is 11.7. The number of nitrogens with one attached hydrogen (secondary N) is 2. The van der Waals surface area contributed by atoms with E-state index in [1.165, 1.54) is 11.8 Å². The number of nitrogens with zero attached hydrogens (tertiary/aromatic N) is 1. The van der Waals surface area contributed by atoms with Crippen LogP contribution in [-0.4, -0.2) is 58.4 Å². The lowest BCUT2D eigenvalue weighted by Crippen LogP contribution is -2.56. The summed E-state index contributed by atoms with van der Waals surface area (Å²) in [4.78, 5) is 51.3. The van der Waals surface area contributed by atoms with Crippen LogP contribution in [0.5, 0.6) is 0 Å². The smallest absolute Gasteiger partial charge is 0.326 e. The van der Waals surface area contributed by atoms with Crippen molar-refractivity contribution < 1.29 is 24.3 Å². The molecule has 0 aromatic heterocycles. The Bertz CT molecular complexity index is 1070. The molecule has 1 aliphatic rings. The minimum Gasteiger partial charge on any atom is -0.480 e. The summed E-state index contributed by atoms with van der Waals surface area (Å²) < 4.78 is 0. The standard InChI is InChI=1S/C26H33N3O5/c1-16(2)13-22(25(32)29-12-6-9-23(29)26(33)34)28-24(31)21(27-17(3)30)15-18-10-11-19-7-4-5-8-20(19)14-18/h4-5,7-8,10-11,14,16,21-23H,6,9,12-13,15H2,1-3H3,(H,27,30)(H,28,31)(H,33,34)/t21-,22-,23-/m0/s1. The van der Waals surface area contributed by atoms with E-state index in [9.17, 15) is 24.3 Å². The zero-order chi connectivity index (χ0) is 24.8. The van der Waals surface area contributed by atoms with Gasteiger partial charge in [0.1, 0.15) is 18.1 Å². The lowest BCUT2D eigenvalue weighted by Gasteiger charge is -2.29. The van der Waals surface area contributed by atoms with Gasteiger partial charge in [0.25, 0.3) is 0 Å². The molecule has 1 fully saturated rings. The summed E-state index contributed by atoms with van der Waals surface area (Å²) >= 11 is 0. The molecular weight excluding hydrogens is 434 g/mol. The van der Waals surface area contributed by atoms with Crippen molar-refractivity contribution in [1.82, 2.24) is 15.5 Å². The van der Waals surface area contributed by atoms with Crippen molar-refractivity contribution in [3.63, 3.8) is 0 Å². The molecule has 1 aliphatic heterocycles. The van der Waals surface area contributed by atoms with Crippen LogP contribution in [0.2, 0.25) is 0 Å². The normalized spacial score (nSPS) is 17.4. The Balaban J connectivity index is 1.79. The number of carbonyl (C=O) groups is 4. The lowest BCUT2D eigenvalue weighted by molar-refractivity contribution is -0.149. The molecule has 3 rings (SSSR count). The van der Waals surface area contributed by atoms with Crippen molar-refractivity contribution in [3.05, 3.63) is 48.0 Å². The second kappa shape index (κ2) is 11.1. The van der Waals surface area contributed by atoms with Crippen LogP contribution in [0.15, 0.2) is 42.5 Å². The largest absolute Gasteiger partial charge is 0.480 e. The Morgan fingerprint density at radius 2 is 1.74 bits per heavy atom. The number of hydrogen-bond acceptors (Lipinski definition) is 4. The van der Waals surface area contributed by atoms with Crippen molar-refractivity contribution in [3.8, 4) is 0 Å². The number of hydrogen-bond donors (Lipinski definition) is 3. The predicted molar refractivity (Wildman–Crippen MR) is 129 cm³/mol. The van der Waals surface area contributed by atoms with Crippen LogP contribution in [0.4, 0.5) is 0 Å². The zero-order valence-corrected chi connectivity index (χ0v) is 19.9. The molecular formula is C26H33N3O5. The van der Waals surface area contributed by atoms with Gasteiger partial charge in [-0.1, -0.05) is 56.3 Å². The number of carbonyl (C=O) groups excluding carboxylic acids is 3. The molecule has 3 atom stereocenters. The maximum atomic E-state index is 13.3. The first-order valence-electron chi connectivity index (χ1n) is 11.7. The molecule has 0 saturated carbocycles. The summed E-state index contributed by atoms with van der Waals surface area (Å²) in [5.41, 5.74) is 0.879. The van der Waals surface area contributed by atoms with Crippen LogP contribution >= 0.6 is 0 Å². The molecule has 2 aromatic carbocycles. The van der Waals surface area contributed by atoms with Gasteiger partial charge < -0.3 is 20.6 Å². The van der Waals surface area contributed by atoms with Crippen LogP contribution < -0.4 is 10.6 Å². The van der Waals surface area contributed by atoms with Gasteiger partial charge in [-0.15, -0.1) is 0 Å². The second-order valence-electron chi connectivity index (χ2n) is 9.36. The Kier molecular flexibility index (Phi) is 8.26. The first kappa shape index (κ1) is 25.2. The molecule has 182 valence electrons. The Morgan fingerprint density at radius 1 is 1.03 bits per heavy atom.